The van der Waals surface area contributed by atoms with Gasteiger partial charge in [-0.1, -0.05) is 32.6 Å². The van der Waals surface area contributed by atoms with Crippen molar-refractivity contribution in [3.63, 3.8) is 0 Å². The Balaban J connectivity index is 2.51. The Morgan fingerprint density at radius 2 is 2.08 bits per heavy atom. The van der Waals surface area contributed by atoms with Crippen LogP contribution >= 0.6 is 0 Å². The molecular weight excluding hydrogens is 147 g/mol. The minimum atomic E-state index is 0.555. The SMILES string of the molecule is CCB(CC)Nc1ccccn1. The van der Waals surface area contributed by atoms with Crippen LogP contribution in [0.3, 0.4) is 0 Å². The van der Waals surface area contributed by atoms with Gasteiger partial charge < -0.3 is 5.23 Å². The molecule has 64 valence electrons. The lowest BCUT2D eigenvalue weighted by Crippen LogP contribution is -2.22. The molecule has 3 heteroatoms. The van der Waals surface area contributed by atoms with Crippen LogP contribution in [-0.2, 0) is 0 Å². The van der Waals surface area contributed by atoms with Crippen molar-refractivity contribution < 1.29 is 0 Å². The zero-order valence-electron chi connectivity index (χ0n) is 7.75. The molecule has 0 atom stereocenters. The van der Waals surface area contributed by atoms with E-state index in [1.807, 2.05) is 24.4 Å². The molecule has 0 aliphatic carbocycles. The second-order valence-electron chi connectivity index (χ2n) is 2.87. The lowest BCUT2D eigenvalue weighted by molar-refractivity contribution is 1.27. The van der Waals surface area contributed by atoms with Crippen molar-refractivity contribution in [2.45, 2.75) is 26.5 Å². The standard InChI is InChI=1S/C9H15BN2/c1-3-10(4-2)12-9-7-5-6-8-11-9/h5-8H,3-4H2,1-2H3,(H,11,12). The molecule has 1 aromatic rings. The number of nitrogens with zero attached hydrogens (tertiary/aromatic N) is 1. The number of aromatic nitrogens is 1. The number of nitrogens with one attached hydrogen (secondary N) is 1. The van der Waals surface area contributed by atoms with Gasteiger partial charge in [0.05, 0.1) is 0 Å². The molecule has 0 bridgehead atoms. The summed E-state index contributed by atoms with van der Waals surface area (Å²) in [6.07, 6.45) is 4.10. The first-order chi connectivity index (χ1) is 5.86. The monoisotopic (exact) mass is 162 g/mol. The van der Waals surface area contributed by atoms with E-state index in [-0.39, 0.29) is 0 Å². The molecule has 1 rings (SSSR count). The van der Waals surface area contributed by atoms with Crippen LogP contribution in [0.2, 0.25) is 12.6 Å². The van der Waals surface area contributed by atoms with Crippen LogP contribution in [0, 0.1) is 0 Å². The summed E-state index contributed by atoms with van der Waals surface area (Å²) in [6, 6.07) is 5.92. The van der Waals surface area contributed by atoms with Gasteiger partial charge in [-0.2, -0.15) is 0 Å². The molecule has 0 aliphatic rings. The summed E-state index contributed by atoms with van der Waals surface area (Å²) < 4.78 is 0. The van der Waals surface area contributed by atoms with Gasteiger partial charge >= 0.3 is 0 Å². The summed E-state index contributed by atoms with van der Waals surface area (Å²) in [6.45, 7) is 4.92. The van der Waals surface area contributed by atoms with Gasteiger partial charge in [-0.3, -0.25) is 0 Å². The van der Waals surface area contributed by atoms with E-state index in [0.29, 0.717) is 6.85 Å². The van der Waals surface area contributed by atoms with Crippen molar-refractivity contribution in [2.24, 2.45) is 0 Å². The molecular formula is C9H15BN2. The lowest BCUT2D eigenvalue weighted by Gasteiger charge is -2.10. The Kier molecular flexibility index (Phi) is 3.65. The molecule has 2 nitrogen and oxygen atoms in total. The fourth-order valence-electron chi connectivity index (χ4n) is 1.15. The van der Waals surface area contributed by atoms with Gasteiger partial charge in [0, 0.05) is 6.20 Å². The number of pyridine rings is 1. The molecule has 0 unspecified atom stereocenters. The van der Waals surface area contributed by atoms with Crippen LogP contribution in [0.5, 0.6) is 0 Å². The van der Waals surface area contributed by atoms with E-state index in [9.17, 15) is 0 Å². The van der Waals surface area contributed by atoms with Crippen molar-refractivity contribution in [3.05, 3.63) is 24.4 Å². The van der Waals surface area contributed by atoms with Crippen LogP contribution in [0.15, 0.2) is 24.4 Å². The zero-order chi connectivity index (χ0) is 8.81. The molecule has 1 N–H and O–H groups in total. The van der Waals surface area contributed by atoms with Crippen LogP contribution < -0.4 is 5.23 Å². The Hall–Kier alpha value is -0.985. The van der Waals surface area contributed by atoms with E-state index in [2.05, 4.69) is 24.1 Å². The summed E-state index contributed by atoms with van der Waals surface area (Å²) in [5, 5.41) is 3.37. The smallest absolute Gasteiger partial charge is 0.252 e. The predicted molar refractivity (Wildman–Crippen MR) is 54.6 cm³/mol. The van der Waals surface area contributed by atoms with Crippen molar-refractivity contribution in [1.29, 1.82) is 0 Å². The van der Waals surface area contributed by atoms with Crippen molar-refractivity contribution in [2.75, 3.05) is 5.23 Å². The second kappa shape index (κ2) is 4.80. The maximum Gasteiger partial charge on any atom is 0.252 e. The van der Waals surface area contributed by atoms with Gasteiger partial charge in [-0.25, -0.2) is 4.98 Å². The molecule has 0 spiro atoms. The number of anilines is 1. The highest BCUT2D eigenvalue weighted by Gasteiger charge is 2.07. The third-order valence-corrected chi connectivity index (χ3v) is 2.00. The molecule has 1 aromatic heterocycles. The molecule has 0 fully saturated rings. The second-order valence-corrected chi connectivity index (χ2v) is 2.87. The minimum absolute atomic E-state index is 0.555. The van der Waals surface area contributed by atoms with Gasteiger partial charge in [0.1, 0.15) is 5.82 Å². The van der Waals surface area contributed by atoms with Crippen molar-refractivity contribution >= 4 is 12.7 Å². The summed E-state index contributed by atoms with van der Waals surface area (Å²) in [7, 11) is 0. The van der Waals surface area contributed by atoms with E-state index in [4.69, 9.17) is 0 Å². The average Bonchev–Trinajstić information content (AvgIpc) is 2.16. The molecule has 0 saturated carbocycles. The zero-order valence-corrected chi connectivity index (χ0v) is 7.75. The summed E-state index contributed by atoms with van der Waals surface area (Å²) >= 11 is 0. The molecule has 0 amide bonds. The average molecular weight is 162 g/mol. The quantitative estimate of drug-likeness (QED) is 0.688. The van der Waals surface area contributed by atoms with Gasteiger partial charge in [0.25, 0.3) is 6.85 Å². The Morgan fingerprint density at radius 1 is 1.33 bits per heavy atom. The molecule has 12 heavy (non-hydrogen) atoms. The van der Waals surface area contributed by atoms with Gasteiger partial charge in [-0.05, 0) is 12.1 Å². The van der Waals surface area contributed by atoms with Crippen LogP contribution in [-0.4, -0.2) is 11.8 Å². The van der Waals surface area contributed by atoms with Crippen molar-refractivity contribution in [1.82, 2.24) is 4.98 Å². The van der Waals surface area contributed by atoms with Crippen molar-refractivity contribution in [3.8, 4) is 0 Å². The van der Waals surface area contributed by atoms with Gasteiger partial charge in [0.2, 0.25) is 0 Å². The first-order valence-corrected chi connectivity index (χ1v) is 4.54. The maximum atomic E-state index is 4.20. The van der Waals surface area contributed by atoms with Crippen LogP contribution in [0.4, 0.5) is 5.82 Å². The van der Waals surface area contributed by atoms with Gasteiger partial charge in [0.15, 0.2) is 0 Å². The summed E-state index contributed by atoms with van der Waals surface area (Å²) in [5.41, 5.74) is 0. The Labute approximate surface area is 74.5 Å². The molecule has 0 saturated heterocycles. The number of rotatable bonds is 4. The van der Waals surface area contributed by atoms with Crippen LogP contribution in [0.25, 0.3) is 0 Å². The molecule has 1 heterocycles. The maximum absolute atomic E-state index is 4.20. The highest BCUT2D eigenvalue weighted by molar-refractivity contribution is 6.62. The number of hydrogen-bond acceptors (Lipinski definition) is 2. The molecule has 0 aliphatic heterocycles. The third kappa shape index (κ3) is 2.57. The third-order valence-electron chi connectivity index (χ3n) is 2.00. The minimum Gasteiger partial charge on any atom is -0.413 e. The molecule has 0 aromatic carbocycles. The normalized spacial score (nSPS) is 9.50. The highest BCUT2D eigenvalue weighted by atomic mass is 14.9. The Bertz CT molecular complexity index is 209. The van der Waals surface area contributed by atoms with E-state index in [0.717, 1.165) is 18.5 Å². The predicted octanol–water partition coefficient (Wildman–Crippen LogP) is 2.52. The van der Waals surface area contributed by atoms with Crippen LogP contribution in [0.1, 0.15) is 13.8 Å². The Morgan fingerprint density at radius 3 is 2.58 bits per heavy atom. The fraction of sp³-hybridized carbons (Fsp3) is 0.444. The topological polar surface area (TPSA) is 24.9 Å². The first kappa shape index (κ1) is 9.11. The number of hydrogen-bond donors (Lipinski definition) is 1. The molecule has 0 radical (unpaired) electrons. The van der Waals surface area contributed by atoms with E-state index < -0.39 is 0 Å². The van der Waals surface area contributed by atoms with E-state index in [1.54, 1.807) is 0 Å². The fourth-order valence-corrected chi connectivity index (χ4v) is 1.15. The van der Waals surface area contributed by atoms with E-state index >= 15 is 0 Å². The summed E-state index contributed by atoms with van der Waals surface area (Å²) in [5.74, 6) is 0.978. The lowest BCUT2D eigenvalue weighted by atomic mass is 9.57. The van der Waals surface area contributed by atoms with Gasteiger partial charge in [-0.15, -0.1) is 0 Å². The highest BCUT2D eigenvalue weighted by Crippen LogP contribution is 2.05. The van der Waals surface area contributed by atoms with E-state index in [1.165, 1.54) is 0 Å². The largest absolute Gasteiger partial charge is 0.413 e. The summed E-state index contributed by atoms with van der Waals surface area (Å²) in [4.78, 5) is 4.20. The first-order valence-electron chi connectivity index (χ1n) is 4.54.